The molecule has 1 aromatic heterocycles. The number of hydrogen-bond acceptors (Lipinski definition) is 5. The number of carbonyl (C=O) groups excluding carboxylic acids is 2. The highest BCUT2D eigenvalue weighted by Crippen LogP contribution is 2.26. The number of nitrogens with one attached hydrogen (secondary N) is 1. The number of anilines is 1. The summed E-state index contributed by atoms with van der Waals surface area (Å²) < 4.78 is 10.4. The van der Waals surface area contributed by atoms with Crippen LogP contribution in [0.4, 0.5) is 5.69 Å². The van der Waals surface area contributed by atoms with Gasteiger partial charge in [-0.25, -0.2) is 4.79 Å². The number of hydrogen-bond donors (Lipinski definition) is 1. The monoisotopic (exact) mass is 413 g/mol. The van der Waals surface area contributed by atoms with Crippen molar-refractivity contribution in [3.8, 4) is 0 Å². The average Bonchev–Trinajstić information content (AvgIpc) is 2.72. The number of amides is 1. The predicted molar refractivity (Wildman–Crippen MR) is 112 cm³/mol. The number of rotatable bonds is 6. The van der Waals surface area contributed by atoms with E-state index in [1.165, 1.54) is 12.1 Å². The van der Waals surface area contributed by atoms with Gasteiger partial charge in [0.15, 0.2) is 12.0 Å². The normalized spacial score (nSPS) is 11.8. The molecule has 7 heteroatoms. The molecule has 0 aliphatic rings. The molecule has 6 nitrogen and oxygen atoms in total. The Bertz CT molecular complexity index is 1120. The van der Waals surface area contributed by atoms with Crippen LogP contribution in [-0.4, -0.2) is 18.5 Å². The number of halogens is 1. The molecule has 2 aromatic carbocycles. The summed E-state index contributed by atoms with van der Waals surface area (Å²) in [4.78, 5) is 36.6. The SMILES string of the molecule is CC[C@@H](C)c1ccccc1NC(=O)COC(=O)c1cc(=O)c2cc(Cl)ccc2o1. The van der Waals surface area contributed by atoms with Gasteiger partial charge in [-0.2, -0.15) is 0 Å². The summed E-state index contributed by atoms with van der Waals surface area (Å²) in [5.74, 6) is -1.39. The van der Waals surface area contributed by atoms with Crippen molar-refractivity contribution in [3.63, 3.8) is 0 Å². The number of ether oxygens (including phenoxy) is 1. The van der Waals surface area contributed by atoms with E-state index >= 15 is 0 Å². The van der Waals surface area contributed by atoms with E-state index in [-0.39, 0.29) is 22.6 Å². The minimum absolute atomic E-state index is 0.209. The van der Waals surface area contributed by atoms with Crippen molar-refractivity contribution in [2.45, 2.75) is 26.2 Å². The molecule has 1 N–H and O–H groups in total. The second-order valence-corrected chi connectivity index (χ2v) is 7.07. The van der Waals surface area contributed by atoms with Crippen molar-refractivity contribution in [3.05, 3.63) is 75.1 Å². The number of esters is 1. The lowest BCUT2D eigenvalue weighted by Gasteiger charge is -2.15. The number of carbonyl (C=O) groups is 2. The maximum atomic E-state index is 12.2. The van der Waals surface area contributed by atoms with E-state index in [2.05, 4.69) is 19.2 Å². The first kappa shape index (κ1) is 20.6. The van der Waals surface area contributed by atoms with E-state index in [9.17, 15) is 14.4 Å². The van der Waals surface area contributed by atoms with Gasteiger partial charge in [0.2, 0.25) is 5.76 Å². The first-order valence-electron chi connectivity index (χ1n) is 9.18. The Hall–Kier alpha value is -3.12. The molecule has 0 bridgehead atoms. The molecule has 150 valence electrons. The summed E-state index contributed by atoms with van der Waals surface area (Å²) in [5.41, 5.74) is 1.47. The fraction of sp³-hybridized carbons (Fsp3) is 0.227. The van der Waals surface area contributed by atoms with Gasteiger partial charge < -0.3 is 14.5 Å². The van der Waals surface area contributed by atoms with Gasteiger partial charge in [0.25, 0.3) is 5.91 Å². The Morgan fingerprint density at radius 3 is 2.69 bits per heavy atom. The first-order chi connectivity index (χ1) is 13.9. The van der Waals surface area contributed by atoms with Crippen molar-refractivity contribution in [2.75, 3.05) is 11.9 Å². The van der Waals surface area contributed by atoms with E-state index < -0.39 is 23.9 Å². The molecule has 3 rings (SSSR count). The highest BCUT2D eigenvalue weighted by molar-refractivity contribution is 6.31. The first-order valence-corrected chi connectivity index (χ1v) is 9.56. The zero-order valence-corrected chi connectivity index (χ0v) is 16.8. The summed E-state index contributed by atoms with van der Waals surface area (Å²) in [6.45, 7) is 3.63. The largest absolute Gasteiger partial charge is 0.450 e. The van der Waals surface area contributed by atoms with Crippen molar-refractivity contribution in [1.29, 1.82) is 0 Å². The van der Waals surface area contributed by atoms with Gasteiger partial charge in [-0.05, 0) is 42.2 Å². The van der Waals surface area contributed by atoms with Crippen molar-refractivity contribution < 1.29 is 18.7 Å². The van der Waals surface area contributed by atoms with E-state index in [4.69, 9.17) is 20.8 Å². The quantitative estimate of drug-likeness (QED) is 0.589. The smallest absolute Gasteiger partial charge is 0.374 e. The molecule has 1 atom stereocenters. The van der Waals surface area contributed by atoms with Crippen LogP contribution in [0, 0.1) is 0 Å². The van der Waals surface area contributed by atoms with E-state index in [0.29, 0.717) is 10.7 Å². The van der Waals surface area contributed by atoms with Crippen LogP contribution in [0.3, 0.4) is 0 Å². The molecule has 0 spiro atoms. The number of fused-ring (bicyclic) bond motifs is 1. The molecule has 1 heterocycles. The Kier molecular flexibility index (Phi) is 6.34. The maximum absolute atomic E-state index is 12.2. The topological polar surface area (TPSA) is 85.6 Å². The van der Waals surface area contributed by atoms with Crippen LogP contribution in [0.5, 0.6) is 0 Å². The molecule has 0 radical (unpaired) electrons. The third-order valence-corrected chi connectivity index (χ3v) is 4.84. The summed E-state index contributed by atoms with van der Waals surface area (Å²) >= 11 is 5.87. The summed E-state index contributed by atoms with van der Waals surface area (Å²) in [6, 6.07) is 13.0. The second-order valence-electron chi connectivity index (χ2n) is 6.64. The number of benzene rings is 2. The molecule has 29 heavy (non-hydrogen) atoms. The molecule has 0 aliphatic heterocycles. The molecular weight excluding hydrogens is 394 g/mol. The average molecular weight is 414 g/mol. The molecule has 0 saturated heterocycles. The van der Waals surface area contributed by atoms with Crippen LogP contribution in [-0.2, 0) is 9.53 Å². The Morgan fingerprint density at radius 1 is 1.17 bits per heavy atom. The van der Waals surface area contributed by atoms with Crippen LogP contribution in [0.2, 0.25) is 5.02 Å². The van der Waals surface area contributed by atoms with Crippen LogP contribution < -0.4 is 10.7 Å². The minimum atomic E-state index is -0.899. The van der Waals surface area contributed by atoms with Crippen LogP contribution in [0.25, 0.3) is 11.0 Å². The lowest BCUT2D eigenvalue weighted by Crippen LogP contribution is -2.22. The van der Waals surface area contributed by atoms with Crippen molar-refractivity contribution in [2.24, 2.45) is 0 Å². The third kappa shape index (κ3) is 4.84. The van der Waals surface area contributed by atoms with E-state index in [1.54, 1.807) is 12.1 Å². The summed E-state index contributed by atoms with van der Waals surface area (Å²) in [5, 5.41) is 3.40. The minimum Gasteiger partial charge on any atom is -0.450 e. The molecule has 0 aliphatic carbocycles. The Labute approximate surface area is 172 Å². The lowest BCUT2D eigenvalue weighted by atomic mass is 9.97. The predicted octanol–water partition coefficient (Wildman–Crippen LogP) is 4.76. The fourth-order valence-electron chi connectivity index (χ4n) is 2.88. The van der Waals surface area contributed by atoms with Gasteiger partial charge in [0.1, 0.15) is 5.58 Å². The van der Waals surface area contributed by atoms with Gasteiger partial charge in [0.05, 0.1) is 5.39 Å². The molecule has 0 unspecified atom stereocenters. The third-order valence-electron chi connectivity index (χ3n) is 4.60. The summed E-state index contributed by atoms with van der Waals surface area (Å²) in [6.07, 6.45) is 0.925. The highest BCUT2D eigenvalue weighted by Gasteiger charge is 2.17. The van der Waals surface area contributed by atoms with Gasteiger partial charge >= 0.3 is 5.97 Å². The number of para-hydroxylation sites is 1. The van der Waals surface area contributed by atoms with Gasteiger partial charge in [-0.3, -0.25) is 9.59 Å². The lowest BCUT2D eigenvalue weighted by molar-refractivity contribution is -0.119. The van der Waals surface area contributed by atoms with Gasteiger partial charge in [0, 0.05) is 16.8 Å². The zero-order chi connectivity index (χ0) is 21.0. The summed E-state index contributed by atoms with van der Waals surface area (Å²) in [7, 11) is 0. The Balaban J connectivity index is 1.68. The van der Waals surface area contributed by atoms with Crippen LogP contribution >= 0.6 is 11.6 Å². The van der Waals surface area contributed by atoms with Crippen LogP contribution in [0.15, 0.2) is 57.7 Å². The molecule has 0 saturated carbocycles. The maximum Gasteiger partial charge on any atom is 0.374 e. The van der Waals surface area contributed by atoms with Gasteiger partial charge in [-0.1, -0.05) is 43.6 Å². The standard InChI is InChI=1S/C22H20ClNO5/c1-3-13(2)15-6-4-5-7-17(15)24-21(26)12-28-22(27)20-11-18(25)16-10-14(23)8-9-19(16)29-20/h4-11,13H,3,12H2,1-2H3,(H,24,26)/t13-/m1/s1. The highest BCUT2D eigenvalue weighted by atomic mass is 35.5. The molecule has 0 fully saturated rings. The second kappa shape index (κ2) is 8.92. The van der Waals surface area contributed by atoms with E-state index in [0.717, 1.165) is 18.1 Å². The van der Waals surface area contributed by atoms with Crippen molar-refractivity contribution in [1.82, 2.24) is 0 Å². The molecule has 1 amide bonds. The van der Waals surface area contributed by atoms with E-state index in [1.807, 2.05) is 18.2 Å². The zero-order valence-electron chi connectivity index (χ0n) is 16.0. The van der Waals surface area contributed by atoms with Gasteiger partial charge in [-0.15, -0.1) is 0 Å². The Morgan fingerprint density at radius 2 is 1.93 bits per heavy atom. The van der Waals surface area contributed by atoms with Crippen LogP contribution in [0.1, 0.15) is 42.3 Å². The van der Waals surface area contributed by atoms with Crippen molar-refractivity contribution >= 4 is 40.1 Å². The fourth-order valence-corrected chi connectivity index (χ4v) is 3.05. The molecular formula is C22H20ClNO5. The molecule has 3 aromatic rings.